The number of rotatable bonds is 3. The van der Waals surface area contributed by atoms with Crippen molar-refractivity contribution >= 4 is 5.69 Å². The molecule has 2 rings (SSSR count). The molecule has 0 aliphatic carbocycles. The average molecular weight is 221 g/mol. The van der Waals surface area contributed by atoms with Crippen LogP contribution in [0.15, 0.2) is 24.3 Å². The van der Waals surface area contributed by atoms with Gasteiger partial charge in [-0.05, 0) is 43.0 Å². The Balaban J connectivity index is 2.18. The van der Waals surface area contributed by atoms with E-state index in [1.165, 1.54) is 24.9 Å². The molecular weight excluding hydrogens is 201 g/mol. The summed E-state index contributed by atoms with van der Waals surface area (Å²) in [6, 6.07) is 7.55. The van der Waals surface area contributed by atoms with Gasteiger partial charge < -0.3 is 4.90 Å². The Morgan fingerprint density at radius 2 is 1.88 bits per heavy atom. The number of nitrogens with zero attached hydrogens (tertiary/aromatic N) is 1. The van der Waals surface area contributed by atoms with Crippen LogP contribution in [0.2, 0.25) is 0 Å². The molecule has 1 aromatic rings. The van der Waals surface area contributed by atoms with E-state index in [1.54, 1.807) is 12.1 Å². The van der Waals surface area contributed by atoms with Gasteiger partial charge >= 0.3 is 0 Å². The zero-order valence-corrected chi connectivity index (χ0v) is 10.1. The quantitative estimate of drug-likeness (QED) is 0.749. The molecule has 0 bridgehead atoms. The van der Waals surface area contributed by atoms with Crippen molar-refractivity contribution in [3.05, 3.63) is 30.1 Å². The van der Waals surface area contributed by atoms with Crippen LogP contribution in [-0.2, 0) is 0 Å². The monoisotopic (exact) mass is 221 g/mol. The Labute approximate surface area is 97.3 Å². The smallest absolute Gasteiger partial charge is 0.123 e. The van der Waals surface area contributed by atoms with Crippen LogP contribution in [0.3, 0.4) is 0 Å². The molecule has 16 heavy (non-hydrogen) atoms. The maximum atomic E-state index is 12.9. The van der Waals surface area contributed by atoms with Gasteiger partial charge in [-0.2, -0.15) is 0 Å². The normalized spacial score (nSPS) is 25.1. The molecule has 0 aromatic heterocycles. The molecule has 0 saturated carbocycles. The van der Waals surface area contributed by atoms with Crippen LogP contribution in [0, 0.1) is 11.7 Å². The lowest BCUT2D eigenvalue weighted by Gasteiger charge is -2.28. The highest BCUT2D eigenvalue weighted by molar-refractivity contribution is 5.48. The van der Waals surface area contributed by atoms with Gasteiger partial charge in [0, 0.05) is 18.3 Å². The van der Waals surface area contributed by atoms with E-state index in [-0.39, 0.29) is 5.82 Å². The molecule has 1 aliphatic rings. The molecule has 88 valence electrons. The number of hydrogen-bond donors (Lipinski definition) is 0. The van der Waals surface area contributed by atoms with E-state index >= 15 is 0 Å². The van der Waals surface area contributed by atoms with E-state index < -0.39 is 0 Å². The highest BCUT2D eigenvalue weighted by Crippen LogP contribution is 2.33. The fourth-order valence-electron chi connectivity index (χ4n) is 2.90. The standard InChI is InChI=1S/C14H20FN/c1-3-11-9-10-16(14(11)4-2)13-7-5-12(15)6-8-13/h5-8,11,14H,3-4,9-10H2,1-2H3/t11-,14-/m1/s1. The van der Waals surface area contributed by atoms with Gasteiger partial charge in [-0.25, -0.2) is 4.39 Å². The van der Waals surface area contributed by atoms with E-state index in [9.17, 15) is 4.39 Å². The Kier molecular flexibility index (Phi) is 3.47. The zero-order chi connectivity index (χ0) is 11.5. The molecule has 1 fully saturated rings. The summed E-state index contributed by atoms with van der Waals surface area (Å²) >= 11 is 0. The lowest BCUT2D eigenvalue weighted by atomic mass is 9.95. The molecule has 2 atom stereocenters. The summed E-state index contributed by atoms with van der Waals surface area (Å²) in [5.74, 6) is 0.651. The molecule has 1 heterocycles. The number of halogens is 1. The largest absolute Gasteiger partial charge is 0.368 e. The maximum absolute atomic E-state index is 12.9. The Morgan fingerprint density at radius 3 is 2.44 bits per heavy atom. The van der Waals surface area contributed by atoms with Crippen molar-refractivity contribution < 1.29 is 4.39 Å². The summed E-state index contributed by atoms with van der Waals surface area (Å²) in [5, 5.41) is 0. The van der Waals surface area contributed by atoms with Crippen molar-refractivity contribution in [2.24, 2.45) is 5.92 Å². The molecule has 0 radical (unpaired) electrons. The Morgan fingerprint density at radius 1 is 1.19 bits per heavy atom. The third-order valence-electron chi connectivity index (χ3n) is 3.79. The maximum Gasteiger partial charge on any atom is 0.123 e. The minimum absolute atomic E-state index is 0.150. The molecule has 0 amide bonds. The second kappa shape index (κ2) is 4.86. The van der Waals surface area contributed by atoms with Crippen molar-refractivity contribution in [1.82, 2.24) is 0 Å². The van der Waals surface area contributed by atoms with Gasteiger partial charge in [0.15, 0.2) is 0 Å². The second-order valence-electron chi connectivity index (χ2n) is 4.60. The highest BCUT2D eigenvalue weighted by atomic mass is 19.1. The minimum Gasteiger partial charge on any atom is -0.368 e. The van der Waals surface area contributed by atoms with E-state index in [0.29, 0.717) is 6.04 Å². The zero-order valence-electron chi connectivity index (χ0n) is 10.1. The second-order valence-corrected chi connectivity index (χ2v) is 4.60. The van der Waals surface area contributed by atoms with E-state index in [2.05, 4.69) is 18.7 Å². The van der Waals surface area contributed by atoms with Crippen LogP contribution in [0.1, 0.15) is 33.1 Å². The molecule has 0 N–H and O–H groups in total. The first-order chi connectivity index (χ1) is 7.76. The molecule has 2 heteroatoms. The third-order valence-corrected chi connectivity index (χ3v) is 3.79. The predicted octanol–water partition coefficient (Wildman–Crippen LogP) is 3.84. The van der Waals surface area contributed by atoms with Crippen molar-refractivity contribution in [2.45, 2.75) is 39.2 Å². The Hall–Kier alpha value is -1.05. The van der Waals surface area contributed by atoms with Crippen LogP contribution in [-0.4, -0.2) is 12.6 Å². The third kappa shape index (κ3) is 2.06. The average Bonchev–Trinajstić information content (AvgIpc) is 2.72. The SMILES string of the molecule is CC[C@@H]1CCN(c2ccc(F)cc2)[C@@H]1CC. The van der Waals surface area contributed by atoms with E-state index in [1.807, 2.05) is 12.1 Å². The van der Waals surface area contributed by atoms with Gasteiger partial charge in [0.05, 0.1) is 0 Å². The lowest BCUT2D eigenvalue weighted by molar-refractivity contribution is 0.447. The van der Waals surface area contributed by atoms with Crippen LogP contribution in [0.5, 0.6) is 0 Å². The first kappa shape index (κ1) is 11.4. The fourth-order valence-corrected chi connectivity index (χ4v) is 2.90. The summed E-state index contributed by atoms with van der Waals surface area (Å²) in [5.41, 5.74) is 1.17. The first-order valence-corrected chi connectivity index (χ1v) is 6.28. The number of benzene rings is 1. The molecule has 1 nitrogen and oxygen atoms in total. The van der Waals surface area contributed by atoms with Gasteiger partial charge in [0.25, 0.3) is 0 Å². The molecule has 0 unspecified atom stereocenters. The molecular formula is C14H20FN. The van der Waals surface area contributed by atoms with Gasteiger partial charge in [0.1, 0.15) is 5.82 Å². The molecule has 1 saturated heterocycles. The molecule has 1 aromatic carbocycles. The number of anilines is 1. The lowest BCUT2D eigenvalue weighted by Crippen LogP contribution is -2.31. The predicted molar refractivity (Wildman–Crippen MR) is 66.2 cm³/mol. The summed E-state index contributed by atoms with van der Waals surface area (Å²) in [6.45, 7) is 5.62. The van der Waals surface area contributed by atoms with Gasteiger partial charge in [-0.15, -0.1) is 0 Å². The Bertz CT molecular complexity index is 333. The molecule has 1 aliphatic heterocycles. The summed E-state index contributed by atoms with van der Waals surface area (Å²) in [4.78, 5) is 2.44. The highest BCUT2D eigenvalue weighted by Gasteiger charge is 2.31. The van der Waals surface area contributed by atoms with Gasteiger partial charge in [-0.3, -0.25) is 0 Å². The van der Waals surface area contributed by atoms with Crippen molar-refractivity contribution in [3.63, 3.8) is 0 Å². The summed E-state index contributed by atoms with van der Waals surface area (Å²) in [7, 11) is 0. The topological polar surface area (TPSA) is 3.24 Å². The van der Waals surface area contributed by atoms with Gasteiger partial charge in [-0.1, -0.05) is 20.3 Å². The van der Waals surface area contributed by atoms with Crippen LogP contribution in [0.4, 0.5) is 10.1 Å². The minimum atomic E-state index is -0.150. The van der Waals surface area contributed by atoms with Crippen molar-refractivity contribution in [2.75, 3.05) is 11.4 Å². The molecule has 0 spiro atoms. The fraction of sp³-hybridized carbons (Fsp3) is 0.571. The number of hydrogen-bond acceptors (Lipinski definition) is 1. The van der Waals surface area contributed by atoms with Crippen molar-refractivity contribution in [1.29, 1.82) is 0 Å². The van der Waals surface area contributed by atoms with E-state index in [4.69, 9.17) is 0 Å². The van der Waals surface area contributed by atoms with Crippen molar-refractivity contribution in [3.8, 4) is 0 Å². The first-order valence-electron chi connectivity index (χ1n) is 6.28. The van der Waals surface area contributed by atoms with E-state index in [0.717, 1.165) is 12.5 Å². The van der Waals surface area contributed by atoms with Crippen LogP contribution in [0.25, 0.3) is 0 Å². The van der Waals surface area contributed by atoms with Gasteiger partial charge in [0.2, 0.25) is 0 Å². The van der Waals surface area contributed by atoms with Crippen LogP contribution >= 0.6 is 0 Å². The van der Waals surface area contributed by atoms with Crippen LogP contribution < -0.4 is 4.90 Å². The summed E-state index contributed by atoms with van der Waals surface area (Å²) < 4.78 is 12.9. The summed E-state index contributed by atoms with van der Waals surface area (Å²) in [6.07, 6.45) is 3.69.